The maximum absolute atomic E-state index is 12.0. The van der Waals surface area contributed by atoms with E-state index < -0.39 is 21.1 Å². The van der Waals surface area contributed by atoms with E-state index in [0.717, 1.165) is 6.42 Å². The summed E-state index contributed by atoms with van der Waals surface area (Å²) in [5.41, 5.74) is 0. The van der Waals surface area contributed by atoms with Crippen molar-refractivity contribution in [3.05, 3.63) is 0 Å². The van der Waals surface area contributed by atoms with Crippen molar-refractivity contribution in [1.29, 1.82) is 0 Å². The Morgan fingerprint density at radius 1 is 1.37 bits per heavy atom. The lowest BCUT2D eigenvalue weighted by Gasteiger charge is -2.16. The minimum atomic E-state index is -3.01. The first kappa shape index (κ1) is 14.5. The van der Waals surface area contributed by atoms with E-state index in [0.29, 0.717) is 19.4 Å². The van der Waals surface area contributed by atoms with Crippen molar-refractivity contribution in [2.45, 2.75) is 43.9 Å². The average molecular weight is 288 g/mol. The molecule has 2 rings (SSSR count). The highest BCUT2D eigenvalue weighted by molar-refractivity contribution is 7.92. The van der Waals surface area contributed by atoms with E-state index in [1.54, 1.807) is 0 Å². The van der Waals surface area contributed by atoms with Crippen LogP contribution in [-0.4, -0.2) is 55.3 Å². The molecule has 6 nitrogen and oxygen atoms in total. The first-order chi connectivity index (χ1) is 8.95. The number of amides is 2. The fourth-order valence-electron chi connectivity index (χ4n) is 2.66. The summed E-state index contributed by atoms with van der Waals surface area (Å²) in [5, 5.41) is 2.55. The van der Waals surface area contributed by atoms with Gasteiger partial charge in [0.05, 0.1) is 23.5 Å². The second-order valence-electron chi connectivity index (χ2n) is 5.18. The van der Waals surface area contributed by atoms with Gasteiger partial charge in [-0.25, -0.2) is 8.42 Å². The Kier molecular flexibility index (Phi) is 4.25. The number of hydrogen-bond acceptors (Lipinski definition) is 5. The number of carbonyl (C=O) groups is 2. The van der Waals surface area contributed by atoms with Crippen LogP contribution < -0.4 is 5.32 Å². The van der Waals surface area contributed by atoms with Crippen LogP contribution in [0.15, 0.2) is 0 Å². The standard InChI is InChI=1S/C12H20N2O4S/c1-2-5-14-11(15)7-10(12(14)16)13-8-9-4-3-6-19(9,17)18/h9-10,13H,2-8H2,1H3. The average Bonchev–Trinajstić information content (AvgIpc) is 2.81. The van der Waals surface area contributed by atoms with E-state index in [2.05, 4.69) is 5.32 Å². The molecule has 2 atom stereocenters. The summed E-state index contributed by atoms with van der Waals surface area (Å²) in [7, 11) is -3.01. The van der Waals surface area contributed by atoms with Crippen LogP contribution in [-0.2, 0) is 19.4 Å². The summed E-state index contributed by atoms with van der Waals surface area (Å²) in [5.74, 6) is -0.153. The molecule has 2 saturated heterocycles. The van der Waals surface area contributed by atoms with Crippen molar-refractivity contribution < 1.29 is 18.0 Å². The zero-order valence-corrected chi connectivity index (χ0v) is 11.9. The Labute approximate surface area is 113 Å². The molecule has 2 fully saturated rings. The smallest absolute Gasteiger partial charge is 0.246 e. The van der Waals surface area contributed by atoms with E-state index in [9.17, 15) is 18.0 Å². The molecule has 2 amide bonds. The molecule has 19 heavy (non-hydrogen) atoms. The minimum absolute atomic E-state index is 0.144. The largest absolute Gasteiger partial charge is 0.304 e. The van der Waals surface area contributed by atoms with Gasteiger partial charge < -0.3 is 5.32 Å². The van der Waals surface area contributed by atoms with Gasteiger partial charge in [0.1, 0.15) is 0 Å². The number of nitrogens with one attached hydrogen (secondary N) is 1. The Bertz CT molecular complexity index is 474. The van der Waals surface area contributed by atoms with Crippen molar-refractivity contribution in [3.63, 3.8) is 0 Å². The predicted octanol–water partition coefficient (Wildman–Crippen LogP) is -0.309. The molecule has 2 unspecified atom stereocenters. The molecule has 108 valence electrons. The summed E-state index contributed by atoms with van der Waals surface area (Å²) >= 11 is 0. The van der Waals surface area contributed by atoms with E-state index in [-0.39, 0.29) is 30.5 Å². The van der Waals surface area contributed by atoms with Crippen LogP contribution >= 0.6 is 0 Å². The fourth-order valence-corrected chi connectivity index (χ4v) is 4.44. The van der Waals surface area contributed by atoms with Crippen LogP contribution in [0.25, 0.3) is 0 Å². The third-order valence-electron chi connectivity index (χ3n) is 3.75. The maximum Gasteiger partial charge on any atom is 0.246 e. The molecule has 2 heterocycles. The van der Waals surface area contributed by atoms with E-state index in [1.165, 1.54) is 4.90 Å². The lowest BCUT2D eigenvalue weighted by Crippen LogP contribution is -2.42. The van der Waals surface area contributed by atoms with Gasteiger partial charge in [0.2, 0.25) is 11.8 Å². The van der Waals surface area contributed by atoms with Crippen molar-refractivity contribution >= 4 is 21.7 Å². The van der Waals surface area contributed by atoms with Gasteiger partial charge in [-0.3, -0.25) is 14.5 Å². The second-order valence-corrected chi connectivity index (χ2v) is 7.58. The molecule has 2 aliphatic heterocycles. The van der Waals surface area contributed by atoms with Gasteiger partial charge >= 0.3 is 0 Å². The lowest BCUT2D eigenvalue weighted by molar-refractivity contribution is -0.138. The molecule has 0 aromatic heterocycles. The number of nitrogens with zero attached hydrogens (tertiary/aromatic N) is 1. The molecule has 0 bridgehead atoms. The van der Waals surface area contributed by atoms with Crippen molar-refractivity contribution in [3.8, 4) is 0 Å². The highest BCUT2D eigenvalue weighted by Gasteiger charge is 2.39. The van der Waals surface area contributed by atoms with Gasteiger partial charge in [0, 0.05) is 13.1 Å². The minimum Gasteiger partial charge on any atom is -0.304 e. The van der Waals surface area contributed by atoms with E-state index in [1.807, 2.05) is 6.92 Å². The molecule has 0 radical (unpaired) electrons. The van der Waals surface area contributed by atoms with Gasteiger partial charge in [-0.1, -0.05) is 6.92 Å². The molecule has 2 aliphatic rings. The van der Waals surface area contributed by atoms with Crippen molar-refractivity contribution in [2.24, 2.45) is 0 Å². The zero-order valence-electron chi connectivity index (χ0n) is 11.1. The van der Waals surface area contributed by atoms with E-state index in [4.69, 9.17) is 0 Å². The molecule has 0 aliphatic carbocycles. The highest BCUT2D eigenvalue weighted by atomic mass is 32.2. The number of sulfone groups is 1. The maximum atomic E-state index is 12.0. The number of imide groups is 1. The summed E-state index contributed by atoms with van der Waals surface area (Å²) in [6, 6.07) is -0.546. The fraction of sp³-hybridized carbons (Fsp3) is 0.833. The van der Waals surface area contributed by atoms with Gasteiger partial charge in [-0.15, -0.1) is 0 Å². The van der Waals surface area contributed by atoms with Gasteiger partial charge in [0.15, 0.2) is 9.84 Å². The summed E-state index contributed by atoms with van der Waals surface area (Å²) in [6.45, 7) is 2.62. The lowest BCUT2D eigenvalue weighted by atomic mass is 10.2. The van der Waals surface area contributed by atoms with Crippen LogP contribution in [0.2, 0.25) is 0 Å². The Morgan fingerprint density at radius 3 is 2.68 bits per heavy atom. The first-order valence-electron chi connectivity index (χ1n) is 6.75. The van der Waals surface area contributed by atoms with E-state index >= 15 is 0 Å². The van der Waals surface area contributed by atoms with Gasteiger partial charge in [-0.05, 0) is 19.3 Å². The number of hydrogen-bond donors (Lipinski definition) is 1. The topological polar surface area (TPSA) is 83.6 Å². The van der Waals surface area contributed by atoms with Gasteiger partial charge in [0.25, 0.3) is 0 Å². The molecule has 7 heteroatoms. The molecule has 1 N–H and O–H groups in total. The van der Waals surface area contributed by atoms with Gasteiger partial charge in [-0.2, -0.15) is 0 Å². The highest BCUT2D eigenvalue weighted by Crippen LogP contribution is 2.20. The van der Waals surface area contributed by atoms with Crippen LogP contribution in [0, 0.1) is 0 Å². The summed E-state index contributed by atoms with van der Waals surface area (Å²) in [4.78, 5) is 24.9. The molecular formula is C12H20N2O4S. The molecule has 0 saturated carbocycles. The SMILES string of the molecule is CCCN1C(=O)CC(NCC2CCCS2(=O)=O)C1=O. The normalized spacial score (nSPS) is 30.3. The molecule has 0 aromatic carbocycles. The van der Waals surface area contributed by atoms with Crippen LogP contribution in [0.5, 0.6) is 0 Å². The second kappa shape index (κ2) is 5.58. The number of rotatable bonds is 5. The third kappa shape index (κ3) is 2.97. The van der Waals surface area contributed by atoms with Crippen LogP contribution in [0.3, 0.4) is 0 Å². The molecule has 0 aromatic rings. The summed E-state index contributed by atoms with van der Waals surface area (Å²) in [6.07, 6.45) is 2.21. The van der Waals surface area contributed by atoms with Crippen LogP contribution in [0.4, 0.5) is 0 Å². The predicted molar refractivity (Wildman–Crippen MR) is 70.2 cm³/mol. The summed E-state index contributed by atoms with van der Waals surface area (Å²) < 4.78 is 23.4. The van der Waals surface area contributed by atoms with Crippen molar-refractivity contribution in [2.75, 3.05) is 18.8 Å². The van der Waals surface area contributed by atoms with Crippen molar-refractivity contribution in [1.82, 2.24) is 10.2 Å². The third-order valence-corrected chi connectivity index (χ3v) is 6.02. The quantitative estimate of drug-likeness (QED) is 0.702. The van der Waals surface area contributed by atoms with Crippen LogP contribution in [0.1, 0.15) is 32.6 Å². The Morgan fingerprint density at radius 2 is 2.11 bits per heavy atom. The first-order valence-corrected chi connectivity index (χ1v) is 8.46. The Balaban J connectivity index is 1.91. The monoisotopic (exact) mass is 288 g/mol. The molecular weight excluding hydrogens is 268 g/mol. The zero-order chi connectivity index (χ0) is 14.0. The number of likely N-dealkylation sites (tertiary alicyclic amines) is 1. The Hall–Kier alpha value is -0.950. The molecule has 0 spiro atoms. The number of carbonyl (C=O) groups excluding carboxylic acids is 2.